The fraction of sp³-hybridized carbons (Fsp3) is 0.480. The number of benzene rings is 1. The summed E-state index contributed by atoms with van der Waals surface area (Å²) < 4.78 is 2.07. The second kappa shape index (κ2) is 8.44. The van der Waals surface area contributed by atoms with Crippen LogP contribution in [0, 0.1) is 26.7 Å². The van der Waals surface area contributed by atoms with Gasteiger partial charge in [0.2, 0.25) is 0 Å². The summed E-state index contributed by atoms with van der Waals surface area (Å²) in [6, 6.07) is 3.94. The van der Waals surface area contributed by atoms with Crippen molar-refractivity contribution in [2.75, 3.05) is 0 Å². The number of hydrogen-bond acceptors (Lipinski definition) is 5. The molecule has 0 aliphatic carbocycles. The molecule has 0 atom stereocenters. The van der Waals surface area contributed by atoms with Crippen LogP contribution in [0.4, 0.5) is 0 Å². The van der Waals surface area contributed by atoms with Gasteiger partial charge in [-0.1, -0.05) is 5.21 Å². The minimum atomic E-state index is 0.0418. The number of nitrogens with zero attached hydrogens (tertiary/aromatic N) is 4. The SMILES string of the molecule is C#C.C/C(=C\c1nnn(C2CC(C)(C)NC(C)(C)C2)c1C)c1cc2[nH]c(C)nc2cc1O. The van der Waals surface area contributed by atoms with Crippen LogP contribution in [0.25, 0.3) is 22.7 Å². The monoisotopic (exact) mass is 434 g/mol. The van der Waals surface area contributed by atoms with E-state index in [4.69, 9.17) is 0 Å². The van der Waals surface area contributed by atoms with Gasteiger partial charge in [-0.2, -0.15) is 0 Å². The van der Waals surface area contributed by atoms with E-state index in [0.717, 1.165) is 52.2 Å². The van der Waals surface area contributed by atoms with Crippen LogP contribution in [0.5, 0.6) is 5.75 Å². The van der Waals surface area contributed by atoms with Crippen LogP contribution in [-0.2, 0) is 0 Å². The van der Waals surface area contributed by atoms with Gasteiger partial charge in [0.05, 0.1) is 22.8 Å². The molecular formula is C25H34N6O. The van der Waals surface area contributed by atoms with Crippen LogP contribution in [0.3, 0.4) is 0 Å². The summed E-state index contributed by atoms with van der Waals surface area (Å²) >= 11 is 0. The molecule has 170 valence electrons. The van der Waals surface area contributed by atoms with Gasteiger partial charge < -0.3 is 15.4 Å². The van der Waals surface area contributed by atoms with Crippen molar-refractivity contribution in [1.82, 2.24) is 30.3 Å². The van der Waals surface area contributed by atoms with Gasteiger partial charge in [-0.05, 0) is 79.0 Å². The zero-order valence-electron chi connectivity index (χ0n) is 20.1. The van der Waals surface area contributed by atoms with Gasteiger partial charge in [0.25, 0.3) is 0 Å². The van der Waals surface area contributed by atoms with Gasteiger partial charge in [-0.25, -0.2) is 9.67 Å². The Morgan fingerprint density at radius 3 is 2.41 bits per heavy atom. The molecule has 1 aliphatic rings. The predicted molar refractivity (Wildman–Crippen MR) is 130 cm³/mol. The number of phenols is 1. The number of terminal acetylenes is 1. The molecule has 0 unspecified atom stereocenters. The molecule has 3 N–H and O–H groups in total. The summed E-state index contributed by atoms with van der Waals surface area (Å²) in [5.41, 5.74) is 5.34. The standard InChI is InChI=1S/C23H32N6O.C2H2/c1-13(17-9-19-20(10-21(17)30)25-15(3)24-19)8-18-14(2)29(28-26-18)16-11-22(4,5)27-23(6,7)12-16;1-2/h8-10,16,27,30H,11-12H2,1-7H3,(H,24,25);1-2H/b13-8+;. The van der Waals surface area contributed by atoms with Gasteiger partial charge in [0, 0.05) is 22.7 Å². The maximum atomic E-state index is 10.5. The van der Waals surface area contributed by atoms with E-state index in [0.29, 0.717) is 6.04 Å². The number of hydrogen-bond donors (Lipinski definition) is 3. The Kier molecular flexibility index (Phi) is 6.21. The Balaban J connectivity index is 0.00000141. The lowest BCUT2D eigenvalue weighted by Gasteiger charge is -2.46. The van der Waals surface area contributed by atoms with Gasteiger partial charge in [0.1, 0.15) is 17.3 Å². The van der Waals surface area contributed by atoms with Gasteiger partial charge in [-0.15, -0.1) is 17.9 Å². The first-order valence-electron chi connectivity index (χ1n) is 10.9. The highest BCUT2D eigenvalue weighted by molar-refractivity contribution is 5.88. The second-order valence-corrected chi connectivity index (χ2v) is 10.00. The van der Waals surface area contributed by atoms with Crippen molar-refractivity contribution in [3.63, 3.8) is 0 Å². The minimum Gasteiger partial charge on any atom is -0.507 e. The molecule has 1 aromatic carbocycles. The van der Waals surface area contributed by atoms with Gasteiger partial charge >= 0.3 is 0 Å². The molecule has 0 spiro atoms. The van der Waals surface area contributed by atoms with Gasteiger partial charge in [-0.3, -0.25) is 0 Å². The number of allylic oxidation sites excluding steroid dienone is 1. The number of fused-ring (bicyclic) bond motifs is 1. The highest BCUT2D eigenvalue weighted by atomic mass is 16.3. The van der Waals surface area contributed by atoms with Crippen LogP contribution >= 0.6 is 0 Å². The molecule has 0 amide bonds. The fourth-order valence-electron chi connectivity index (χ4n) is 5.05. The van der Waals surface area contributed by atoms with E-state index < -0.39 is 0 Å². The third-order valence-electron chi connectivity index (χ3n) is 5.97. The van der Waals surface area contributed by atoms with Gasteiger partial charge in [0.15, 0.2) is 0 Å². The van der Waals surface area contributed by atoms with Crippen molar-refractivity contribution < 1.29 is 5.11 Å². The molecule has 0 saturated carbocycles. The number of nitrogens with one attached hydrogen (secondary N) is 2. The number of aromatic nitrogens is 5. The normalized spacial score (nSPS) is 18.3. The third-order valence-corrected chi connectivity index (χ3v) is 5.97. The molecule has 3 heterocycles. The molecule has 4 rings (SSSR count). The zero-order valence-corrected chi connectivity index (χ0v) is 20.1. The van der Waals surface area contributed by atoms with Crippen molar-refractivity contribution >= 4 is 22.7 Å². The lowest BCUT2D eigenvalue weighted by Crippen LogP contribution is -2.58. The van der Waals surface area contributed by atoms with Crippen LogP contribution in [0.2, 0.25) is 0 Å². The minimum absolute atomic E-state index is 0.0418. The Hall–Kier alpha value is -3.11. The molecule has 7 heteroatoms. The van der Waals surface area contributed by atoms with E-state index >= 15 is 0 Å². The molecule has 1 fully saturated rings. The van der Waals surface area contributed by atoms with E-state index in [2.05, 4.69) is 77.7 Å². The summed E-state index contributed by atoms with van der Waals surface area (Å²) in [6.45, 7) is 14.9. The number of aryl methyl sites for hydroxylation is 1. The first-order valence-corrected chi connectivity index (χ1v) is 10.9. The summed E-state index contributed by atoms with van der Waals surface area (Å²) in [7, 11) is 0. The summed E-state index contributed by atoms with van der Waals surface area (Å²) in [6.07, 6.45) is 12.0. The smallest absolute Gasteiger partial charge is 0.125 e. The maximum absolute atomic E-state index is 10.5. The van der Waals surface area contributed by atoms with Crippen molar-refractivity contribution in [1.29, 1.82) is 0 Å². The molecule has 3 aromatic rings. The number of H-pyrrole nitrogens is 1. The largest absolute Gasteiger partial charge is 0.507 e. The lowest BCUT2D eigenvalue weighted by molar-refractivity contribution is 0.124. The van der Waals surface area contributed by atoms with E-state index in [9.17, 15) is 5.11 Å². The highest BCUT2D eigenvalue weighted by Crippen LogP contribution is 2.37. The number of aromatic hydroxyl groups is 1. The number of imidazole rings is 1. The molecule has 32 heavy (non-hydrogen) atoms. The van der Waals surface area contributed by atoms with Crippen molar-refractivity contribution in [3.05, 3.63) is 34.9 Å². The number of aromatic amines is 1. The topological polar surface area (TPSA) is 91.7 Å². The molecule has 0 bridgehead atoms. The molecule has 1 saturated heterocycles. The predicted octanol–water partition coefficient (Wildman–Crippen LogP) is 4.77. The Labute approximate surface area is 190 Å². The first-order chi connectivity index (χ1) is 14.9. The van der Waals surface area contributed by atoms with E-state index in [1.807, 2.05) is 26.0 Å². The van der Waals surface area contributed by atoms with Crippen molar-refractivity contribution in [2.45, 2.75) is 78.4 Å². The second-order valence-electron chi connectivity index (χ2n) is 10.00. The van der Waals surface area contributed by atoms with Crippen molar-refractivity contribution in [2.24, 2.45) is 0 Å². The zero-order chi connectivity index (χ0) is 23.8. The van der Waals surface area contributed by atoms with Crippen LogP contribution in [-0.4, -0.2) is 41.1 Å². The Morgan fingerprint density at radius 2 is 1.78 bits per heavy atom. The molecule has 0 radical (unpaired) electrons. The third kappa shape index (κ3) is 4.71. The highest BCUT2D eigenvalue weighted by Gasteiger charge is 2.39. The number of piperidine rings is 1. The summed E-state index contributed by atoms with van der Waals surface area (Å²) in [4.78, 5) is 7.62. The van der Waals surface area contributed by atoms with Crippen LogP contribution in [0.1, 0.15) is 76.3 Å². The average molecular weight is 435 g/mol. The molecule has 7 nitrogen and oxygen atoms in total. The lowest BCUT2D eigenvalue weighted by atomic mass is 9.79. The maximum Gasteiger partial charge on any atom is 0.125 e. The molecular weight excluding hydrogens is 400 g/mol. The van der Waals surface area contributed by atoms with Crippen molar-refractivity contribution in [3.8, 4) is 18.6 Å². The number of phenolic OH excluding ortho intramolecular Hbond substituents is 1. The first kappa shape index (κ1) is 23.6. The fourth-order valence-corrected chi connectivity index (χ4v) is 5.05. The summed E-state index contributed by atoms with van der Waals surface area (Å²) in [5.74, 6) is 1.05. The average Bonchev–Trinajstić information content (AvgIpc) is 3.21. The summed E-state index contributed by atoms with van der Waals surface area (Å²) in [5, 5.41) is 23.2. The van der Waals surface area contributed by atoms with E-state index in [1.54, 1.807) is 6.07 Å². The van der Waals surface area contributed by atoms with E-state index in [1.165, 1.54) is 0 Å². The Bertz CT molecular complexity index is 1160. The number of rotatable bonds is 3. The molecule has 1 aliphatic heterocycles. The molecule has 2 aromatic heterocycles. The Morgan fingerprint density at radius 1 is 1.16 bits per heavy atom. The quantitative estimate of drug-likeness (QED) is 0.517. The van der Waals surface area contributed by atoms with Crippen LogP contribution in [0.15, 0.2) is 12.1 Å². The van der Waals surface area contributed by atoms with Crippen LogP contribution < -0.4 is 5.32 Å². The van der Waals surface area contributed by atoms with E-state index in [-0.39, 0.29) is 16.8 Å².